The summed E-state index contributed by atoms with van der Waals surface area (Å²) in [5, 5.41) is 56.0. The molecule has 2 fully saturated rings. The molecule has 2 saturated heterocycles. The van der Waals surface area contributed by atoms with Crippen LogP contribution in [0.1, 0.15) is 77.5 Å². The van der Waals surface area contributed by atoms with Crippen molar-refractivity contribution < 1.29 is 180 Å². The van der Waals surface area contributed by atoms with Gasteiger partial charge in [0.2, 0.25) is 17.6 Å². The third kappa shape index (κ3) is 33.0. The van der Waals surface area contributed by atoms with E-state index in [0.29, 0.717) is 34.4 Å². The molecule has 2 aliphatic heterocycles. The zero-order valence-corrected chi connectivity index (χ0v) is 73.1. The van der Waals surface area contributed by atoms with Crippen molar-refractivity contribution in [3.63, 3.8) is 0 Å². The number of hydrogen-bond acceptors (Lipinski definition) is 34. The molecule has 10 aromatic carbocycles. The first-order valence-corrected chi connectivity index (χ1v) is 40.9. The predicted molar refractivity (Wildman–Crippen MR) is 450 cm³/mol. The number of para-hydroxylation sites is 5. The zero-order chi connectivity index (χ0) is 93.6. The zero-order valence-electron chi connectivity index (χ0n) is 66.3. The quantitative estimate of drug-likeness (QED) is 0.00218. The second-order valence-electron chi connectivity index (χ2n) is 24.2. The SMILES string of the molecule is COC(=O)c1cc(N)c(Oc2ccccc2)c(NS(=O)[O-])c1.COC(=O)c1cc(NS(=O)[O-])c(Oc2ccccc2)c(N2C(=O)CCC2=O)c1.COC(=O)c1cc(NS(=O)[O-])c(Oc2ccccc2)c(N2CCCC2)c1.O=C(O)c1cc(NS(=O)[O-])c(Cl)c([N+](=O)[O-])c1.O=C(O)c1cc(NS(=O)[O-])c(Oc2ccccc2)c([N+](=O)[O-])c1.O=CO[O-].Oc1ccccc1.[Na+]. The number of carboxylic acids is 2. The van der Waals surface area contributed by atoms with E-state index in [4.69, 9.17) is 66.4 Å². The third-order valence-corrected chi connectivity index (χ3v) is 18.2. The van der Waals surface area contributed by atoms with E-state index in [2.05, 4.69) is 33.4 Å². The van der Waals surface area contributed by atoms with Gasteiger partial charge in [0.15, 0.2) is 17.2 Å². The van der Waals surface area contributed by atoms with Crippen LogP contribution in [0.15, 0.2) is 212 Å². The normalized spacial score (nSPS) is 12.5. The largest absolute Gasteiger partial charge is 1.00 e. The molecule has 2 heterocycles. The van der Waals surface area contributed by atoms with E-state index in [1.807, 2.05) is 35.1 Å². The molecule has 0 aliphatic carbocycles. The number of anilines is 8. The number of rotatable bonds is 28. The van der Waals surface area contributed by atoms with E-state index < -0.39 is 141 Å². The minimum atomic E-state index is -2.82. The first-order valence-electron chi connectivity index (χ1n) is 35.1. The standard InChI is InChI=1S/C18H16N2O7S.C18H20N2O5S.C14H14N2O5S.C13H10N2O7S.C7H5ClN2O6S.C6H6O.CH2O3.Na/c1-26-18(23)11-9-13(19-28(24)25)17(27-12-5-3-2-4-6-12)14(10-11)20-15(21)7-8-16(20)22;1-24-18(21)13-11-15(19-26(22)23)17(25-14-7-3-2-4-8-14)16(12-13)20-9-5-6-10-20;1-20-14(17)9-7-11(15)13(12(8-9)16-22(18)19)21-10-5-3-2-4-6-10;16-13(17)8-6-10(14-23(20)21)12(11(7-8)15(18)19)22-9-4-2-1-3-5-9;8-6-4(9-17(15)16)1-3(7(11)12)2-5(6)10(13)14;7-6-4-2-1-3-5-6;2-1-4-3;/h2-6,9-10,19H,7-8H2,1H3,(H,24,25);2-4,7-8,11-12,19H,5-6,9-10H2,1H3,(H,22,23);2-8,16H,15H2,1H3,(H,18,19);1-7,14H,(H,16,17)(H,20,21);1-2,9H,(H,11,12)(H,15,16);1-5,7H;1,3H;/q;;;;;;;+1/p-6. The Hall–Kier alpha value is -13.6. The fraction of sp³-hybridized carbons (Fsp3) is 0.117. The summed E-state index contributed by atoms with van der Waals surface area (Å²) >= 11 is -7.97. The number of aromatic carboxylic acids is 2. The second-order valence-corrected chi connectivity index (χ2v) is 27.9. The van der Waals surface area contributed by atoms with Crippen LogP contribution in [0, 0.1) is 20.2 Å². The van der Waals surface area contributed by atoms with Gasteiger partial charge < -0.3 is 116 Å². The summed E-state index contributed by atoms with van der Waals surface area (Å²) in [6, 6.07) is 54.3. The van der Waals surface area contributed by atoms with Gasteiger partial charge in [-0.2, -0.15) is 0 Å². The van der Waals surface area contributed by atoms with E-state index in [1.54, 1.807) is 120 Å². The molecule has 10 N–H and O–H groups in total. The summed E-state index contributed by atoms with van der Waals surface area (Å²) in [5.74, 6) is -3.94. The predicted octanol–water partition coefficient (Wildman–Crippen LogP) is 7.52. The van der Waals surface area contributed by atoms with E-state index in [9.17, 15) is 97.6 Å². The number of nitrogens with zero attached hydrogens (tertiary/aromatic N) is 4. The molecule has 128 heavy (non-hydrogen) atoms. The number of imide groups is 1. The average Bonchev–Trinajstić information content (AvgIpc) is 1.55. The van der Waals surface area contributed by atoms with Crippen LogP contribution in [0.3, 0.4) is 0 Å². The van der Waals surface area contributed by atoms with Crippen molar-refractivity contribution in [3.8, 4) is 51.7 Å². The van der Waals surface area contributed by atoms with Crippen molar-refractivity contribution in [2.75, 3.05) is 73.6 Å². The van der Waals surface area contributed by atoms with Crippen molar-refractivity contribution >= 4 is 173 Å². The van der Waals surface area contributed by atoms with Crippen molar-refractivity contribution in [3.05, 3.63) is 265 Å². The number of methoxy groups -OCH3 is 3. The van der Waals surface area contributed by atoms with Gasteiger partial charge in [-0.3, -0.25) is 55.7 Å². The van der Waals surface area contributed by atoms with Crippen LogP contribution >= 0.6 is 11.6 Å². The minimum absolute atomic E-state index is 0. The molecule has 0 spiro atoms. The van der Waals surface area contributed by atoms with Crippen molar-refractivity contribution in [2.45, 2.75) is 25.7 Å². The number of nitro benzene ring substituents is 2. The van der Waals surface area contributed by atoms with Crippen molar-refractivity contribution in [1.82, 2.24) is 0 Å². The second kappa shape index (κ2) is 53.0. The first kappa shape index (κ1) is 105. The van der Waals surface area contributed by atoms with Crippen LogP contribution in [0.2, 0.25) is 5.02 Å². The van der Waals surface area contributed by atoms with Gasteiger partial charge >= 0.3 is 65.1 Å². The topological polar surface area (TPSA) is 674 Å². The molecule has 5 atom stereocenters. The number of ether oxygens (including phenoxy) is 7. The van der Waals surface area contributed by atoms with E-state index in [1.165, 1.54) is 56.7 Å². The van der Waals surface area contributed by atoms with Crippen molar-refractivity contribution in [1.29, 1.82) is 0 Å². The maximum Gasteiger partial charge on any atom is 1.00 e. The summed E-state index contributed by atoms with van der Waals surface area (Å²) < 4.78 is 156. The van der Waals surface area contributed by atoms with Crippen LogP contribution in [0.4, 0.5) is 56.9 Å². The average molecular weight is 1900 g/mol. The molecule has 0 radical (unpaired) electrons. The van der Waals surface area contributed by atoms with E-state index in [0.717, 1.165) is 62.2 Å². The Balaban J connectivity index is 0.000000276. The molecule has 0 bridgehead atoms. The Bertz CT molecular complexity index is 5680. The molecule has 0 aromatic heterocycles. The Morgan fingerprint density at radius 3 is 1.06 bits per heavy atom. The fourth-order valence-corrected chi connectivity index (χ4v) is 12.6. The Morgan fingerprint density at radius 2 is 0.734 bits per heavy atom. The maximum absolute atomic E-state index is 12.3. The van der Waals surface area contributed by atoms with Gasteiger partial charge in [-0.05, 0) is 122 Å². The summed E-state index contributed by atoms with van der Waals surface area (Å²) in [6.45, 7) is 1.42. The maximum atomic E-state index is 12.3. The number of esters is 3. The van der Waals surface area contributed by atoms with Gasteiger partial charge in [0.1, 0.15) is 33.8 Å². The number of carbonyl (C=O) groups excluding carboxylic acids is 6. The molecule has 44 nitrogen and oxygen atoms in total. The van der Waals surface area contributed by atoms with Crippen LogP contribution in [-0.2, 0) is 89.8 Å². The Kier molecular flexibility index (Phi) is 43.4. The number of carbonyl (C=O) groups is 8. The third-order valence-electron chi connectivity index (χ3n) is 15.9. The number of aromatic hydroxyl groups is 1. The number of nitrogens with two attached hydrogens (primary N) is 1. The number of nitro groups is 2. The monoisotopic (exact) mass is 1890 g/mol. The van der Waals surface area contributed by atoms with Gasteiger partial charge in [0.05, 0.1) is 104 Å². The molecule has 672 valence electrons. The number of phenolic OH excluding ortho intramolecular Hbond substituents is 1. The van der Waals surface area contributed by atoms with Crippen LogP contribution in [0.25, 0.3) is 0 Å². The van der Waals surface area contributed by atoms with Gasteiger partial charge in [-0.25, -0.2) is 28.9 Å². The Morgan fingerprint density at radius 1 is 0.445 bits per heavy atom. The molecule has 12 rings (SSSR count). The first-order chi connectivity index (χ1) is 60.5. The number of hydrogen-bond donors (Lipinski definition) is 9. The summed E-state index contributed by atoms with van der Waals surface area (Å²) in [5.41, 5.74) is 3.97. The van der Waals surface area contributed by atoms with Crippen LogP contribution in [0.5, 0.6) is 51.7 Å². The smallest absolute Gasteiger partial charge is 0.755 e. The van der Waals surface area contributed by atoms with Crippen LogP contribution < -0.4 is 92.9 Å². The van der Waals surface area contributed by atoms with Crippen LogP contribution in [-0.4, -0.2) is 152 Å². The molecular formula is C77H67ClN10NaO34S5-5. The number of carboxylic acid groups (broad SMARTS) is 2. The molecule has 2 aliphatic rings. The molecule has 2 amide bonds. The van der Waals surface area contributed by atoms with Gasteiger partial charge in [0, 0.05) is 94.4 Å². The molecule has 51 heteroatoms. The summed E-state index contributed by atoms with van der Waals surface area (Å²) in [4.78, 5) is 116. The fourth-order valence-electron chi connectivity index (χ4n) is 10.6. The van der Waals surface area contributed by atoms with E-state index >= 15 is 0 Å². The number of halogens is 1. The van der Waals surface area contributed by atoms with Crippen molar-refractivity contribution in [2.24, 2.45) is 0 Å². The van der Waals surface area contributed by atoms with E-state index in [-0.39, 0.29) is 123 Å². The molecule has 10 aromatic rings. The Labute approximate surface area is 764 Å². The number of phenols is 1. The van der Waals surface area contributed by atoms with Gasteiger partial charge in [-0.15, -0.1) is 0 Å². The minimum Gasteiger partial charge on any atom is -0.755 e. The molecule has 0 saturated carbocycles. The number of amides is 2. The molecular weight excluding hydrogens is 1830 g/mol. The summed E-state index contributed by atoms with van der Waals surface area (Å²) in [6.07, 6.45) is 2.04. The van der Waals surface area contributed by atoms with Gasteiger partial charge in [0.25, 0.3) is 12.2 Å². The number of benzene rings is 10. The van der Waals surface area contributed by atoms with Gasteiger partial charge in [-0.1, -0.05) is 103 Å². The summed E-state index contributed by atoms with van der Waals surface area (Å²) in [7, 11) is 3.65. The number of nitrogens with one attached hydrogen (secondary N) is 5. The number of nitrogen functional groups attached to an aromatic ring is 1. The molecule has 5 unspecified atom stereocenters.